The van der Waals surface area contributed by atoms with Crippen molar-refractivity contribution in [2.24, 2.45) is 17.4 Å². The molecule has 58 valence electrons. The monoisotopic (exact) mass is 140 g/mol. The zero-order chi connectivity index (χ0) is 8.31. The van der Waals surface area contributed by atoms with Gasteiger partial charge in [-0.3, -0.25) is 0 Å². The summed E-state index contributed by atoms with van der Waals surface area (Å²) in [4.78, 5) is 0. The number of hydrogen-bond acceptors (Lipinski definition) is 2. The molecule has 0 rings (SSSR count). The Morgan fingerprint density at radius 2 is 1.70 bits per heavy atom. The molecule has 0 bridgehead atoms. The van der Waals surface area contributed by atoms with Gasteiger partial charge in [-0.1, -0.05) is 20.4 Å². The Hall–Kier alpha value is -0.920. The van der Waals surface area contributed by atoms with Crippen LogP contribution in [0.3, 0.4) is 0 Å². The highest BCUT2D eigenvalue weighted by Crippen LogP contribution is 2.13. The van der Waals surface area contributed by atoms with E-state index in [1.807, 2.05) is 13.8 Å². The van der Waals surface area contributed by atoms with Crippen LogP contribution >= 0.6 is 0 Å². The lowest BCUT2D eigenvalue weighted by molar-refractivity contribution is 0.773. The molecular weight excluding hydrogens is 124 g/mol. The molecular formula is C8H16N2. The highest BCUT2D eigenvalue weighted by Gasteiger charge is 2.03. The Kier molecular flexibility index (Phi) is 3.00. The molecule has 0 aliphatic heterocycles. The van der Waals surface area contributed by atoms with Gasteiger partial charge in [-0.05, 0) is 18.4 Å². The highest BCUT2D eigenvalue weighted by molar-refractivity contribution is 5.29. The minimum Gasteiger partial charge on any atom is -0.401 e. The lowest BCUT2D eigenvalue weighted by atomic mass is 10.0. The van der Waals surface area contributed by atoms with E-state index in [1.165, 1.54) is 0 Å². The first-order valence-corrected chi connectivity index (χ1v) is 3.37. The molecule has 0 aliphatic carbocycles. The summed E-state index contributed by atoms with van der Waals surface area (Å²) in [6, 6.07) is 0. The number of rotatable bonds is 2. The maximum Gasteiger partial charge on any atom is 0.0531 e. The second kappa shape index (κ2) is 3.30. The maximum absolute atomic E-state index is 5.62. The lowest BCUT2D eigenvalue weighted by Gasteiger charge is -2.10. The first kappa shape index (κ1) is 9.08. The molecule has 2 heteroatoms. The summed E-state index contributed by atoms with van der Waals surface area (Å²) in [6.07, 6.45) is 0. The third kappa shape index (κ3) is 2.13. The molecule has 0 radical (unpaired) electrons. The Labute approximate surface area is 62.6 Å². The topological polar surface area (TPSA) is 52.0 Å². The smallest absolute Gasteiger partial charge is 0.0531 e. The average molecular weight is 140 g/mol. The van der Waals surface area contributed by atoms with Crippen LogP contribution in [0.5, 0.6) is 0 Å². The Morgan fingerprint density at radius 1 is 1.30 bits per heavy atom. The fourth-order valence-corrected chi connectivity index (χ4v) is 0.564. The summed E-state index contributed by atoms with van der Waals surface area (Å²) < 4.78 is 0. The van der Waals surface area contributed by atoms with Gasteiger partial charge in [-0.2, -0.15) is 0 Å². The van der Waals surface area contributed by atoms with Gasteiger partial charge in [-0.15, -0.1) is 0 Å². The molecule has 0 aliphatic rings. The standard InChI is InChI=1S/C8H16N2/c1-5(2)6(3)8(10)7(4)9/h5H,3,9-10H2,1-2,4H3/b8-7-. The van der Waals surface area contributed by atoms with Crippen molar-refractivity contribution in [2.75, 3.05) is 0 Å². The average Bonchev–Trinajstić information content (AvgIpc) is 1.84. The SMILES string of the molecule is C=C(/C(N)=C(\C)N)C(C)C. The number of hydrogen-bond donors (Lipinski definition) is 2. The zero-order valence-electron chi connectivity index (χ0n) is 6.94. The van der Waals surface area contributed by atoms with E-state index >= 15 is 0 Å². The van der Waals surface area contributed by atoms with Crippen LogP contribution in [0.1, 0.15) is 20.8 Å². The molecule has 0 fully saturated rings. The van der Waals surface area contributed by atoms with E-state index in [0.29, 0.717) is 17.3 Å². The molecule has 0 spiro atoms. The van der Waals surface area contributed by atoms with Crippen molar-refractivity contribution in [3.8, 4) is 0 Å². The quantitative estimate of drug-likeness (QED) is 0.569. The molecule has 0 amide bonds. The summed E-state index contributed by atoms with van der Waals surface area (Å²) in [5.41, 5.74) is 13.3. The third-order valence-electron chi connectivity index (χ3n) is 1.47. The van der Waals surface area contributed by atoms with E-state index in [-0.39, 0.29) is 0 Å². The van der Waals surface area contributed by atoms with Gasteiger partial charge in [0.1, 0.15) is 0 Å². The van der Waals surface area contributed by atoms with Gasteiger partial charge < -0.3 is 11.5 Å². The molecule has 0 aromatic rings. The molecule has 0 unspecified atom stereocenters. The van der Waals surface area contributed by atoms with Crippen LogP contribution in [-0.4, -0.2) is 0 Å². The van der Waals surface area contributed by atoms with Crippen molar-refractivity contribution in [3.05, 3.63) is 23.5 Å². The molecule has 0 saturated carbocycles. The third-order valence-corrected chi connectivity index (χ3v) is 1.47. The molecule has 0 aromatic carbocycles. The van der Waals surface area contributed by atoms with Crippen LogP contribution < -0.4 is 11.5 Å². The van der Waals surface area contributed by atoms with Crippen LogP contribution in [0, 0.1) is 5.92 Å². The Morgan fingerprint density at radius 3 is 1.80 bits per heavy atom. The van der Waals surface area contributed by atoms with Gasteiger partial charge in [0.25, 0.3) is 0 Å². The first-order chi connectivity index (χ1) is 4.46. The molecule has 4 N–H and O–H groups in total. The fraction of sp³-hybridized carbons (Fsp3) is 0.500. The van der Waals surface area contributed by atoms with Gasteiger partial charge in [0, 0.05) is 5.70 Å². The van der Waals surface area contributed by atoms with Crippen molar-refractivity contribution in [3.63, 3.8) is 0 Å². The summed E-state index contributed by atoms with van der Waals surface area (Å²) in [5.74, 6) is 0.374. The lowest BCUT2D eigenvalue weighted by Crippen LogP contribution is -2.11. The van der Waals surface area contributed by atoms with Crippen LogP contribution in [0.2, 0.25) is 0 Å². The molecule has 10 heavy (non-hydrogen) atoms. The van der Waals surface area contributed by atoms with Crippen LogP contribution in [0.4, 0.5) is 0 Å². The normalized spacial score (nSPS) is 13.2. The minimum absolute atomic E-state index is 0.374. The minimum atomic E-state index is 0.374. The predicted octanol–water partition coefficient (Wildman–Crippen LogP) is 1.35. The van der Waals surface area contributed by atoms with Gasteiger partial charge in [0.05, 0.1) is 5.70 Å². The molecule has 0 saturated heterocycles. The van der Waals surface area contributed by atoms with Crippen molar-refractivity contribution >= 4 is 0 Å². The van der Waals surface area contributed by atoms with Crippen molar-refractivity contribution in [2.45, 2.75) is 20.8 Å². The van der Waals surface area contributed by atoms with Gasteiger partial charge >= 0.3 is 0 Å². The van der Waals surface area contributed by atoms with E-state index in [2.05, 4.69) is 6.58 Å². The second-order valence-corrected chi connectivity index (χ2v) is 2.78. The van der Waals surface area contributed by atoms with E-state index in [1.54, 1.807) is 6.92 Å². The first-order valence-electron chi connectivity index (χ1n) is 3.37. The van der Waals surface area contributed by atoms with Gasteiger partial charge in [-0.25, -0.2) is 0 Å². The van der Waals surface area contributed by atoms with E-state index < -0.39 is 0 Å². The second-order valence-electron chi connectivity index (χ2n) is 2.78. The summed E-state index contributed by atoms with van der Waals surface area (Å²) >= 11 is 0. The zero-order valence-corrected chi connectivity index (χ0v) is 6.94. The van der Waals surface area contributed by atoms with Crippen LogP contribution in [0.25, 0.3) is 0 Å². The maximum atomic E-state index is 5.62. The summed E-state index contributed by atoms with van der Waals surface area (Å²) in [6.45, 7) is 9.67. The summed E-state index contributed by atoms with van der Waals surface area (Å²) in [5, 5.41) is 0. The molecule has 2 nitrogen and oxygen atoms in total. The molecule has 0 atom stereocenters. The molecule has 0 aromatic heterocycles. The summed E-state index contributed by atoms with van der Waals surface area (Å²) in [7, 11) is 0. The Balaban J connectivity index is 4.38. The van der Waals surface area contributed by atoms with Crippen LogP contribution in [-0.2, 0) is 0 Å². The van der Waals surface area contributed by atoms with Crippen molar-refractivity contribution in [1.82, 2.24) is 0 Å². The number of nitrogens with two attached hydrogens (primary N) is 2. The van der Waals surface area contributed by atoms with E-state index in [4.69, 9.17) is 11.5 Å². The largest absolute Gasteiger partial charge is 0.401 e. The highest BCUT2D eigenvalue weighted by atomic mass is 14.7. The predicted molar refractivity (Wildman–Crippen MR) is 45.1 cm³/mol. The number of allylic oxidation sites excluding steroid dienone is 2. The van der Waals surface area contributed by atoms with Crippen molar-refractivity contribution in [1.29, 1.82) is 0 Å². The fourth-order valence-electron chi connectivity index (χ4n) is 0.564. The van der Waals surface area contributed by atoms with Gasteiger partial charge in [0.2, 0.25) is 0 Å². The Bertz CT molecular complexity index is 162. The van der Waals surface area contributed by atoms with Crippen molar-refractivity contribution < 1.29 is 0 Å². The van der Waals surface area contributed by atoms with Gasteiger partial charge in [0.15, 0.2) is 0 Å². The van der Waals surface area contributed by atoms with E-state index in [0.717, 1.165) is 5.57 Å². The van der Waals surface area contributed by atoms with Crippen LogP contribution in [0.15, 0.2) is 23.5 Å². The van der Waals surface area contributed by atoms with E-state index in [9.17, 15) is 0 Å². The molecule has 0 heterocycles.